The Morgan fingerprint density at radius 3 is 2.63 bits per heavy atom. The Balaban J connectivity index is 2.24. The van der Waals surface area contributed by atoms with E-state index in [1.165, 1.54) is 12.1 Å². The van der Waals surface area contributed by atoms with Crippen molar-refractivity contribution in [3.63, 3.8) is 0 Å². The molecule has 5 heteroatoms. The summed E-state index contributed by atoms with van der Waals surface area (Å²) in [7, 11) is 5.40. The standard InChI is InChI=1S/C14H18FN3O/c1-16-12(8-10-4-6-11(15)7-5-10)14-13(19-3)9-17-18(14)2/h4-7,9,12,16H,8H2,1-3H3. The van der Waals surface area contributed by atoms with Crippen LogP contribution in [-0.4, -0.2) is 23.9 Å². The molecule has 19 heavy (non-hydrogen) atoms. The molecule has 1 heterocycles. The highest BCUT2D eigenvalue weighted by Gasteiger charge is 2.19. The molecule has 0 saturated carbocycles. The fraction of sp³-hybridized carbons (Fsp3) is 0.357. The number of nitrogens with one attached hydrogen (secondary N) is 1. The number of ether oxygens (including phenoxy) is 1. The van der Waals surface area contributed by atoms with Crippen molar-refractivity contribution in [2.24, 2.45) is 7.05 Å². The average Bonchev–Trinajstić information content (AvgIpc) is 2.79. The van der Waals surface area contributed by atoms with Crippen molar-refractivity contribution in [2.75, 3.05) is 14.2 Å². The third-order valence-corrected chi connectivity index (χ3v) is 3.20. The first-order chi connectivity index (χ1) is 9.15. The average molecular weight is 263 g/mol. The van der Waals surface area contributed by atoms with Gasteiger partial charge in [-0.15, -0.1) is 0 Å². The molecular weight excluding hydrogens is 245 g/mol. The summed E-state index contributed by atoms with van der Waals surface area (Å²) in [6, 6.07) is 6.60. The van der Waals surface area contributed by atoms with Crippen molar-refractivity contribution < 1.29 is 9.13 Å². The van der Waals surface area contributed by atoms with E-state index in [1.54, 1.807) is 30.1 Å². The summed E-state index contributed by atoms with van der Waals surface area (Å²) in [4.78, 5) is 0. The molecule has 102 valence electrons. The Bertz CT molecular complexity index is 536. The van der Waals surface area contributed by atoms with Gasteiger partial charge in [0.15, 0.2) is 5.75 Å². The van der Waals surface area contributed by atoms with Crippen LogP contribution in [0.5, 0.6) is 5.75 Å². The normalized spacial score (nSPS) is 12.4. The molecule has 2 aromatic rings. The molecule has 0 fully saturated rings. The summed E-state index contributed by atoms with van der Waals surface area (Å²) < 4.78 is 20.0. The summed E-state index contributed by atoms with van der Waals surface area (Å²) in [5, 5.41) is 7.45. The zero-order valence-electron chi connectivity index (χ0n) is 11.4. The lowest BCUT2D eigenvalue weighted by Crippen LogP contribution is -2.22. The third-order valence-electron chi connectivity index (χ3n) is 3.20. The van der Waals surface area contributed by atoms with Crippen LogP contribution in [0.1, 0.15) is 17.3 Å². The van der Waals surface area contributed by atoms with E-state index in [1.807, 2.05) is 14.1 Å². The van der Waals surface area contributed by atoms with Gasteiger partial charge in [-0.05, 0) is 31.2 Å². The second-order valence-electron chi connectivity index (χ2n) is 4.39. The van der Waals surface area contributed by atoms with E-state index >= 15 is 0 Å². The quantitative estimate of drug-likeness (QED) is 0.897. The van der Waals surface area contributed by atoms with E-state index in [0.29, 0.717) is 0 Å². The van der Waals surface area contributed by atoms with Gasteiger partial charge in [-0.25, -0.2) is 4.39 Å². The van der Waals surface area contributed by atoms with Gasteiger partial charge in [0, 0.05) is 7.05 Å². The molecule has 1 atom stereocenters. The molecule has 0 aliphatic heterocycles. The van der Waals surface area contributed by atoms with Crippen LogP contribution in [0.4, 0.5) is 4.39 Å². The maximum Gasteiger partial charge on any atom is 0.161 e. The van der Waals surface area contributed by atoms with Gasteiger partial charge in [0.05, 0.1) is 25.0 Å². The zero-order chi connectivity index (χ0) is 13.8. The molecule has 0 bridgehead atoms. The van der Waals surface area contributed by atoms with Crippen molar-refractivity contribution in [1.82, 2.24) is 15.1 Å². The first-order valence-electron chi connectivity index (χ1n) is 6.13. The van der Waals surface area contributed by atoms with E-state index in [4.69, 9.17) is 4.74 Å². The Morgan fingerprint density at radius 1 is 1.37 bits per heavy atom. The van der Waals surface area contributed by atoms with Crippen molar-refractivity contribution in [1.29, 1.82) is 0 Å². The number of benzene rings is 1. The van der Waals surface area contributed by atoms with Crippen LogP contribution in [-0.2, 0) is 13.5 Å². The Kier molecular flexibility index (Phi) is 4.16. The second kappa shape index (κ2) is 5.84. The van der Waals surface area contributed by atoms with E-state index in [0.717, 1.165) is 23.4 Å². The van der Waals surface area contributed by atoms with Gasteiger partial charge in [-0.2, -0.15) is 5.10 Å². The van der Waals surface area contributed by atoms with Gasteiger partial charge in [-0.1, -0.05) is 12.1 Å². The second-order valence-corrected chi connectivity index (χ2v) is 4.39. The van der Waals surface area contributed by atoms with E-state index in [9.17, 15) is 4.39 Å². The number of nitrogens with zero attached hydrogens (tertiary/aromatic N) is 2. The highest BCUT2D eigenvalue weighted by atomic mass is 19.1. The number of hydrogen-bond donors (Lipinski definition) is 1. The number of halogens is 1. The molecule has 0 aliphatic carbocycles. The van der Waals surface area contributed by atoms with Crippen LogP contribution in [0.2, 0.25) is 0 Å². The van der Waals surface area contributed by atoms with Gasteiger partial charge < -0.3 is 10.1 Å². The lowest BCUT2D eigenvalue weighted by atomic mass is 10.0. The predicted octanol–water partition coefficient (Wildman–Crippen LogP) is 2.07. The molecule has 1 N–H and O–H groups in total. The van der Waals surface area contributed by atoms with Crippen molar-refractivity contribution in [3.05, 3.63) is 47.5 Å². The molecule has 0 aliphatic rings. The molecule has 0 spiro atoms. The number of methoxy groups -OCH3 is 1. The minimum atomic E-state index is -0.220. The topological polar surface area (TPSA) is 39.1 Å². The van der Waals surface area contributed by atoms with Gasteiger partial charge in [0.1, 0.15) is 5.82 Å². The molecule has 0 saturated heterocycles. The lowest BCUT2D eigenvalue weighted by Gasteiger charge is -2.18. The van der Waals surface area contributed by atoms with E-state index in [2.05, 4.69) is 10.4 Å². The first kappa shape index (κ1) is 13.5. The van der Waals surface area contributed by atoms with E-state index in [-0.39, 0.29) is 11.9 Å². The zero-order valence-corrected chi connectivity index (χ0v) is 11.4. The highest BCUT2D eigenvalue weighted by molar-refractivity contribution is 5.30. The summed E-state index contributed by atoms with van der Waals surface area (Å²) in [5.41, 5.74) is 2.04. The van der Waals surface area contributed by atoms with Crippen LogP contribution < -0.4 is 10.1 Å². The maximum absolute atomic E-state index is 12.9. The van der Waals surface area contributed by atoms with Crippen LogP contribution in [0, 0.1) is 5.82 Å². The monoisotopic (exact) mass is 263 g/mol. The molecule has 0 radical (unpaired) electrons. The molecule has 1 aromatic heterocycles. The summed E-state index contributed by atoms with van der Waals surface area (Å²) in [6.07, 6.45) is 2.44. The fourth-order valence-corrected chi connectivity index (χ4v) is 2.17. The minimum absolute atomic E-state index is 0.0629. The van der Waals surface area contributed by atoms with Crippen molar-refractivity contribution >= 4 is 0 Å². The Labute approximate surface area is 112 Å². The number of likely N-dealkylation sites (N-methyl/N-ethyl adjacent to an activating group) is 1. The van der Waals surface area contributed by atoms with Crippen LogP contribution in [0.15, 0.2) is 30.5 Å². The number of rotatable bonds is 5. The molecule has 2 rings (SSSR count). The predicted molar refractivity (Wildman–Crippen MR) is 71.7 cm³/mol. The van der Waals surface area contributed by atoms with Crippen LogP contribution >= 0.6 is 0 Å². The van der Waals surface area contributed by atoms with Gasteiger partial charge in [-0.3, -0.25) is 4.68 Å². The highest BCUT2D eigenvalue weighted by Crippen LogP contribution is 2.26. The van der Waals surface area contributed by atoms with Crippen LogP contribution in [0.25, 0.3) is 0 Å². The third kappa shape index (κ3) is 2.93. The molecule has 1 aromatic carbocycles. The summed E-state index contributed by atoms with van der Waals surface area (Å²) >= 11 is 0. The number of aromatic nitrogens is 2. The Hall–Kier alpha value is -1.88. The van der Waals surface area contributed by atoms with Crippen LogP contribution in [0.3, 0.4) is 0 Å². The maximum atomic E-state index is 12.9. The molecule has 4 nitrogen and oxygen atoms in total. The van der Waals surface area contributed by atoms with Gasteiger partial charge in [0.2, 0.25) is 0 Å². The van der Waals surface area contributed by atoms with E-state index < -0.39 is 0 Å². The minimum Gasteiger partial charge on any atom is -0.493 e. The largest absolute Gasteiger partial charge is 0.493 e. The number of hydrogen-bond acceptors (Lipinski definition) is 3. The van der Waals surface area contributed by atoms with Crippen molar-refractivity contribution in [3.8, 4) is 5.75 Å². The van der Waals surface area contributed by atoms with Gasteiger partial charge in [0.25, 0.3) is 0 Å². The van der Waals surface area contributed by atoms with Crippen molar-refractivity contribution in [2.45, 2.75) is 12.5 Å². The number of aryl methyl sites for hydroxylation is 1. The Morgan fingerprint density at radius 2 is 2.05 bits per heavy atom. The smallest absolute Gasteiger partial charge is 0.161 e. The molecule has 0 amide bonds. The van der Waals surface area contributed by atoms with Gasteiger partial charge >= 0.3 is 0 Å². The lowest BCUT2D eigenvalue weighted by molar-refractivity contribution is 0.397. The summed E-state index contributed by atoms with van der Waals surface area (Å²) in [6.45, 7) is 0. The first-order valence-corrected chi connectivity index (χ1v) is 6.13. The SMILES string of the molecule is CNC(Cc1ccc(F)cc1)c1c(OC)cnn1C. The molecular formula is C14H18FN3O. The fourth-order valence-electron chi connectivity index (χ4n) is 2.17. The molecule has 1 unspecified atom stereocenters. The summed E-state index contributed by atoms with van der Waals surface area (Å²) in [5.74, 6) is 0.534.